The van der Waals surface area contributed by atoms with Crippen LogP contribution in [0, 0.1) is 41.5 Å². The first-order valence-corrected chi connectivity index (χ1v) is 7.77. The van der Waals surface area contributed by atoms with Crippen molar-refractivity contribution in [2.45, 2.75) is 41.5 Å². The third-order valence-corrected chi connectivity index (χ3v) is 5.11. The molecule has 0 fully saturated rings. The molecule has 0 aromatic heterocycles. The maximum atomic E-state index is 11.9. The van der Waals surface area contributed by atoms with Crippen molar-refractivity contribution in [3.8, 4) is 11.1 Å². The quantitative estimate of drug-likeness (QED) is 0.864. The fourth-order valence-corrected chi connectivity index (χ4v) is 3.32. The maximum Gasteiger partial charge on any atom is 0.337 e. The predicted molar refractivity (Wildman–Crippen MR) is 94.2 cm³/mol. The van der Waals surface area contributed by atoms with Gasteiger partial charge in [-0.05, 0) is 86.1 Å². The van der Waals surface area contributed by atoms with Gasteiger partial charge in [0.25, 0.3) is 0 Å². The zero-order chi connectivity index (χ0) is 18.3. The second-order valence-electron chi connectivity index (χ2n) is 6.29. The highest BCUT2D eigenvalue weighted by Crippen LogP contribution is 2.37. The number of hydrogen-bond donors (Lipinski definition) is 2. The lowest BCUT2D eigenvalue weighted by molar-refractivity contribution is 0.0651. The van der Waals surface area contributed by atoms with E-state index in [4.69, 9.17) is 0 Å². The molecule has 2 rings (SSSR count). The van der Waals surface area contributed by atoms with Crippen LogP contribution in [0.1, 0.15) is 54.1 Å². The van der Waals surface area contributed by atoms with Crippen LogP contribution in [0.15, 0.2) is 12.1 Å². The van der Waals surface area contributed by atoms with Crippen molar-refractivity contribution in [3.05, 3.63) is 56.6 Å². The van der Waals surface area contributed by atoms with E-state index in [1.54, 1.807) is 19.1 Å². The molecule has 0 saturated carbocycles. The van der Waals surface area contributed by atoms with Crippen molar-refractivity contribution in [1.29, 1.82) is 0 Å². The molecule has 24 heavy (non-hydrogen) atoms. The molecule has 0 heterocycles. The highest BCUT2D eigenvalue weighted by atomic mass is 16.4. The summed E-state index contributed by atoms with van der Waals surface area (Å²) in [6, 6.07) is 3.39. The van der Waals surface area contributed by atoms with Gasteiger partial charge < -0.3 is 10.2 Å². The minimum absolute atomic E-state index is 0.142. The minimum atomic E-state index is -1.22. The van der Waals surface area contributed by atoms with E-state index in [9.17, 15) is 19.8 Å². The van der Waals surface area contributed by atoms with Gasteiger partial charge in [0, 0.05) is 0 Å². The average molecular weight is 326 g/mol. The van der Waals surface area contributed by atoms with E-state index >= 15 is 0 Å². The summed E-state index contributed by atoms with van der Waals surface area (Å²) < 4.78 is 0. The Hall–Kier alpha value is -2.62. The summed E-state index contributed by atoms with van der Waals surface area (Å²) in [5.41, 5.74) is 6.78. The number of carboxylic acid groups (broad SMARTS) is 2. The third kappa shape index (κ3) is 2.58. The summed E-state index contributed by atoms with van der Waals surface area (Å²) >= 11 is 0. The molecule has 0 amide bonds. The number of rotatable bonds is 3. The first-order valence-electron chi connectivity index (χ1n) is 7.77. The van der Waals surface area contributed by atoms with Crippen LogP contribution < -0.4 is 0 Å². The molecule has 4 nitrogen and oxygen atoms in total. The Bertz CT molecular complexity index is 847. The Morgan fingerprint density at radius 3 is 1.50 bits per heavy atom. The molecule has 0 aliphatic heterocycles. The van der Waals surface area contributed by atoms with E-state index in [0.29, 0.717) is 11.1 Å². The van der Waals surface area contributed by atoms with Gasteiger partial charge in [-0.2, -0.15) is 0 Å². The van der Waals surface area contributed by atoms with Crippen molar-refractivity contribution in [2.75, 3.05) is 0 Å². The van der Waals surface area contributed by atoms with E-state index < -0.39 is 11.9 Å². The van der Waals surface area contributed by atoms with Gasteiger partial charge in [-0.25, -0.2) is 9.59 Å². The minimum Gasteiger partial charge on any atom is -0.478 e. The van der Waals surface area contributed by atoms with Gasteiger partial charge in [0.15, 0.2) is 0 Å². The number of carboxylic acids is 2. The molecule has 0 aliphatic rings. The molecular formula is C20H22O4. The summed E-state index contributed by atoms with van der Waals surface area (Å²) in [5, 5.41) is 19.2. The molecule has 0 saturated heterocycles. The number of aryl methyl sites for hydroxylation is 1. The van der Waals surface area contributed by atoms with Gasteiger partial charge in [-0.3, -0.25) is 0 Å². The first-order chi connectivity index (χ1) is 11.1. The summed E-state index contributed by atoms with van der Waals surface area (Å²) in [5.74, 6) is -2.44. The molecule has 0 bridgehead atoms. The van der Waals surface area contributed by atoms with Gasteiger partial charge in [-0.1, -0.05) is 12.1 Å². The molecule has 2 aromatic rings. The van der Waals surface area contributed by atoms with Crippen LogP contribution in [0.2, 0.25) is 0 Å². The van der Waals surface area contributed by atoms with E-state index in [-0.39, 0.29) is 11.1 Å². The SMILES string of the molecule is Cc1ccc(-c2c(C)c(C)c(C)c(C)c2C)c(C(=O)O)c1C(=O)O. The van der Waals surface area contributed by atoms with Gasteiger partial charge >= 0.3 is 11.9 Å². The van der Waals surface area contributed by atoms with Crippen LogP contribution in [0.5, 0.6) is 0 Å². The third-order valence-electron chi connectivity index (χ3n) is 5.11. The number of hydrogen-bond acceptors (Lipinski definition) is 2. The van der Waals surface area contributed by atoms with Gasteiger partial charge in [-0.15, -0.1) is 0 Å². The van der Waals surface area contributed by atoms with Crippen molar-refractivity contribution in [2.24, 2.45) is 0 Å². The number of aromatic carboxylic acids is 2. The second-order valence-corrected chi connectivity index (χ2v) is 6.29. The Morgan fingerprint density at radius 1 is 0.667 bits per heavy atom. The monoisotopic (exact) mass is 326 g/mol. The molecule has 2 aromatic carbocycles. The first kappa shape index (κ1) is 17.7. The maximum absolute atomic E-state index is 11.9. The standard InChI is InChI=1S/C20H22O4/c1-9-7-8-15(18(20(23)24)16(9)19(21)22)17-13(5)11(3)10(2)12(4)14(17)6/h7-8H,1-6H3,(H,21,22)(H,23,24). The Labute approximate surface area is 141 Å². The molecule has 4 heteroatoms. The fraction of sp³-hybridized carbons (Fsp3) is 0.300. The topological polar surface area (TPSA) is 74.6 Å². The lowest BCUT2D eigenvalue weighted by atomic mass is 9.83. The zero-order valence-corrected chi connectivity index (χ0v) is 14.9. The zero-order valence-electron chi connectivity index (χ0n) is 14.9. The van der Waals surface area contributed by atoms with Crippen molar-refractivity contribution in [3.63, 3.8) is 0 Å². The fourth-order valence-electron chi connectivity index (χ4n) is 3.32. The smallest absolute Gasteiger partial charge is 0.337 e. The lowest BCUT2D eigenvalue weighted by Gasteiger charge is -2.21. The van der Waals surface area contributed by atoms with E-state index in [0.717, 1.165) is 27.8 Å². The van der Waals surface area contributed by atoms with Crippen molar-refractivity contribution < 1.29 is 19.8 Å². The largest absolute Gasteiger partial charge is 0.478 e. The molecule has 126 valence electrons. The van der Waals surface area contributed by atoms with Crippen LogP contribution in [0.3, 0.4) is 0 Å². The summed E-state index contributed by atoms with van der Waals surface area (Å²) in [4.78, 5) is 23.5. The Morgan fingerprint density at radius 2 is 1.08 bits per heavy atom. The van der Waals surface area contributed by atoms with Gasteiger partial charge in [0.05, 0.1) is 11.1 Å². The normalized spacial score (nSPS) is 10.8. The summed E-state index contributed by atoms with van der Waals surface area (Å²) in [7, 11) is 0. The van der Waals surface area contributed by atoms with Crippen LogP contribution in [0.25, 0.3) is 11.1 Å². The van der Waals surface area contributed by atoms with Crippen molar-refractivity contribution in [1.82, 2.24) is 0 Å². The highest BCUT2D eigenvalue weighted by Gasteiger charge is 2.25. The Balaban J connectivity index is 3.02. The lowest BCUT2D eigenvalue weighted by Crippen LogP contribution is -2.13. The van der Waals surface area contributed by atoms with Gasteiger partial charge in [0.1, 0.15) is 0 Å². The number of benzene rings is 2. The van der Waals surface area contributed by atoms with E-state index in [1.807, 2.05) is 34.6 Å². The van der Waals surface area contributed by atoms with E-state index in [2.05, 4.69) is 0 Å². The summed E-state index contributed by atoms with van der Waals surface area (Å²) in [6.45, 7) is 11.6. The molecule has 0 aliphatic carbocycles. The molecule has 0 atom stereocenters. The molecular weight excluding hydrogens is 304 g/mol. The average Bonchev–Trinajstić information content (AvgIpc) is 2.51. The predicted octanol–water partition coefficient (Wildman–Crippen LogP) is 4.60. The van der Waals surface area contributed by atoms with Crippen LogP contribution in [0.4, 0.5) is 0 Å². The number of carbonyl (C=O) groups is 2. The van der Waals surface area contributed by atoms with E-state index in [1.165, 1.54) is 5.56 Å². The van der Waals surface area contributed by atoms with Crippen LogP contribution in [-0.4, -0.2) is 22.2 Å². The summed E-state index contributed by atoms with van der Waals surface area (Å²) in [6.07, 6.45) is 0. The molecule has 2 N–H and O–H groups in total. The van der Waals surface area contributed by atoms with Crippen molar-refractivity contribution >= 4 is 11.9 Å². The van der Waals surface area contributed by atoms with Crippen LogP contribution in [-0.2, 0) is 0 Å². The molecule has 0 radical (unpaired) electrons. The second kappa shape index (κ2) is 6.11. The van der Waals surface area contributed by atoms with Gasteiger partial charge in [0.2, 0.25) is 0 Å². The van der Waals surface area contributed by atoms with Crippen LogP contribution >= 0.6 is 0 Å². The Kier molecular flexibility index (Phi) is 4.52. The molecule has 0 unspecified atom stereocenters. The highest BCUT2D eigenvalue weighted by molar-refractivity contribution is 6.08. The molecule has 0 spiro atoms.